The minimum atomic E-state index is 0.129. The van der Waals surface area contributed by atoms with Crippen molar-refractivity contribution in [3.63, 3.8) is 0 Å². The molecule has 0 aromatic rings. The van der Waals surface area contributed by atoms with Crippen molar-refractivity contribution in [2.24, 2.45) is 10.7 Å². The summed E-state index contributed by atoms with van der Waals surface area (Å²) in [6.07, 6.45) is 3.68. The highest BCUT2D eigenvalue weighted by atomic mass is 15.2. The lowest BCUT2D eigenvalue weighted by molar-refractivity contribution is 0.426. The van der Waals surface area contributed by atoms with Crippen LogP contribution >= 0.6 is 0 Å². The van der Waals surface area contributed by atoms with E-state index in [1.807, 2.05) is 38.1 Å². The molecule has 1 heterocycles. The Labute approximate surface area is 119 Å². The van der Waals surface area contributed by atoms with Crippen LogP contribution in [-0.4, -0.2) is 31.0 Å². The molecule has 0 saturated heterocycles. The van der Waals surface area contributed by atoms with Gasteiger partial charge in [0.1, 0.15) is 17.7 Å². The molecule has 0 radical (unpaired) electrons. The maximum absolute atomic E-state index is 8.91. The van der Waals surface area contributed by atoms with Crippen LogP contribution in [0.3, 0.4) is 0 Å². The fourth-order valence-corrected chi connectivity index (χ4v) is 1.95. The van der Waals surface area contributed by atoms with Gasteiger partial charge < -0.3 is 16.0 Å². The van der Waals surface area contributed by atoms with Crippen LogP contribution in [0.25, 0.3) is 0 Å². The highest BCUT2D eigenvalue weighted by Gasteiger charge is 2.15. The van der Waals surface area contributed by atoms with Crippen molar-refractivity contribution in [2.45, 2.75) is 13.8 Å². The summed E-state index contributed by atoms with van der Waals surface area (Å²) in [4.78, 5) is 5.91. The van der Waals surface area contributed by atoms with E-state index < -0.39 is 0 Å². The number of nitrogens with zero attached hydrogens (tertiary/aromatic N) is 4. The highest BCUT2D eigenvalue weighted by molar-refractivity contribution is 5.77. The van der Waals surface area contributed by atoms with Gasteiger partial charge in [-0.2, -0.15) is 10.5 Å². The first-order chi connectivity index (χ1) is 9.53. The fourth-order valence-electron chi connectivity index (χ4n) is 1.95. The number of allylic oxidation sites excluding steroid dienone is 6. The Morgan fingerprint density at radius 2 is 1.85 bits per heavy atom. The van der Waals surface area contributed by atoms with Crippen LogP contribution in [0, 0.1) is 22.7 Å². The summed E-state index contributed by atoms with van der Waals surface area (Å²) in [7, 11) is 1.63. The largest absolute Gasteiger partial charge is 0.370 e. The molecule has 0 aliphatic carbocycles. The zero-order chi connectivity index (χ0) is 15.1. The molecule has 1 aliphatic rings. The van der Waals surface area contributed by atoms with Gasteiger partial charge in [0.05, 0.1) is 0 Å². The van der Waals surface area contributed by atoms with Crippen LogP contribution in [0.1, 0.15) is 13.8 Å². The zero-order valence-electron chi connectivity index (χ0n) is 11.9. The first kappa shape index (κ1) is 15.3. The summed E-state index contributed by atoms with van der Waals surface area (Å²) in [5, 5.41) is 20.8. The molecule has 1 rings (SSSR count). The van der Waals surface area contributed by atoms with Gasteiger partial charge in [-0.1, -0.05) is 0 Å². The lowest BCUT2D eigenvalue weighted by Gasteiger charge is -2.29. The Morgan fingerprint density at radius 3 is 2.30 bits per heavy atom. The van der Waals surface area contributed by atoms with Crippen LogP contribution in [0.5, 0.6) is 0 Å². The third kappa shape index (κ3) is 3.63. The molecule has 0 saturated carbocycles. The topological polar surface area (TPSA) is 101 Å². The number of aliphatic imine (C=N–C) groups is 1. The van der Waals surface area contributed by atoms with E-state index in [1.165, 1.54) is 0 Å². The second-order valence-corrected chi connectivity index (χ2v) is 4.31. The summed E-state index contributed by atoms with van der Waals surface area (Å²) in [5.41, 5.74) is 8.32. The van der Waals surface area contributed by atoms with Gasteiger partial charge in [-0.25, -0.2) is 0 Å². The second kappa shape index (κ2) is 7.01. The normalized spacial score (nSPS) is 14.9. The van der Waals surface area contributed by atoms with Crippen molar-refractivity contribution in [1.82, 2.24) is 10.2 Å². The number of nitriles is 2. The predicted molar refractivity (Wildman–Crippen MR) is 78.0 cm³/mol. The third-order valence-corrected chi connectivity index (χ3v) is 2.98. The summed E-state index contributed by atoms with van der Waals surface area (Å²) < 4.78 is 0. The molecular formula is C14H18N6. The molecule has 6 nitrogen and oxygen atoms in total. The average Bonchev–Trinajstić information content (AvgIpc) is 2.43. The Morgan fingerprint density at radius 1 is 1.30 bits per heavy atom. The van der Waals surface area contributed by atoms with Crippen molar-refractivity contribution < 1.29 is 0 Å². The van der Waals surface area contributed by atoms with Crippen LogP contribution in [0.2, 0.25) is 0 Å². The van der Waals surface area contributed by atoms with Gasteiger partial charge >= 0.3 is 0 Å². The molecule has 0 aromatic heterocycles. The monoisotopic (exact) mass is 270 g/mol. The molecule has 0 spiro atoms. The third-order valence-electron chi connectivity index (χ3n) is 2.98. The van der Waals surface area contributed by atoms with E-state index in [4.69, 9.17) is 16.3 Å². The van der Waals surface area contributed by atoms with E-state index in [9.17, 15) is 0 Å². The summed E-state index contributed by atoms with van der Waals surface area (Å²) >= 11 is 0. The lowest BCUT2D eigenvalue weighted by atomic mass is 10.0. The van der Waals surface area contributed by atoms with Gasteiger partial charge in [0.25, 0.3) is 0 Å². The number of rotatable bonds is 3. The molecule has 6 heteroatoms. The lowest BCUT2D eigenvalue weighted by Crippen LogP contribution is -2.37. The van der Waals surface area contributed by atoms with Crippen molar-refractivity contribution in [2.75, 3.05) is 20.1 Å². The smallest absolute Gasteiger partial charge is 0.188 e. The number of guanidine groups is 1. The molecule has 1 aliphatic heterocycles. The molecule has 20 heavy (non-hydrogen) atoms. The minimum absolute atomic E-state index is 0.129. The molecule has 104 valence electrons. The molecule has 0 amide bonds. The maximum Gasteiger partial charge on any atom is 0.188 e. The van der Waals surface area contributed by atoms with Crippen molar-refractivity contribution in [3.05, 3.63) is 34.7 Å². The van der Waals surface area contributed by atoms with Crippen LogP contribution in [0.15, 0.2) is 39.7 Å². The quantitative estimate of drug-likeness (QED) is 0.452. The number of hydrogen-bond donors (Lipinski definition) is 2. The SMILES string of the molecule is CN=C(N)NCCN1C(C)=CC(=C(C#N)C#N)C=C1C. The van der Waals surface area contributed by atoms with Gasteiger partial charge in [-0.15, -0.1) is 0 Å². The Balaban J connectivity index is 2.84. The predicted octanol–water partition coefficient (Wildman–Crippen LogP) is 0.987. The van der Waals surface area contributed by atoms with Crippen LogP contribution in [0.4, 0.5) is 0 Å². The van der Waals surface area contributed by atoms with Crippen LogP contribution < -0.4 is 11.1 Å². The first-order valence-electron chi connectivity index (χ1n) is 6.18. The molecule has 3 N–H and O–H groups in total. The molecule has 0 unspecified atom stereocenters. The average molecular weight is 270 g/mol. The van der Waals surface area contributed by atoms with Gasteiger partial charge in [0.15, 0.2) is 5.96 Å². The Bertz CT molecular complexity index is 542. The molecule has 0 atom stereocenters. The zero-order valence-corrected chi connectivity index (χ0v) is 11.9. The van der Waals surface area contributed by atoms with Gasteiger partial charge in [-0.05, 0) is 26.0 Å². The van der Waals surface area contributed by atoms with E-state index in [-0.39, 0.29) is 5.57 Å². The molecular weight excluding hydrogens is 252 g/mol. The highest BCUT2D eigenvalue weighted by Crippen LogP contribution is 2.23. The summed E-state index contributed by atoms with van der Waals surface area (Å²) in [6, 6.07) is 3.82. The second-order valence-electron chi connectivity index (χ2n) is 4.31. The number of hydrogen-bond acceptors (Lipinski definition) is 4. The summed E-state index contributed by atoms with van der Waals surface area (Å²) in [6.45, 7) is 5.27. The molecule has 0 aromatic carbocycles. The van der Waals surface area contributed by atoms with Crippen LogP contribution in [-0.2, 0) is 0 Å². The molecule has 0 fully saturated rings. The number of nitrogens with two attached hydrogens (primary N) is 1. The summed E-state index contributed by atoms with van der Waals surface area (Å²) in [5.74, 6) is 0.405. The minimum Gasteiger partial charge on any atom is -0.370 e. The number of nitrogens with one attached hydrogen (secondary N) is 1. The van der Waals surface area contributed by atoms with E-state index in [0.717, 1.165) is 17.9 Å². The van der Waals surface area contributed by atoms with Gasteiger partial charge in [-0.3, -0.25) is 4.99 Å². The standard InChI is InChI=1S/C14H18N6/c1-10-6-12(13(8-15)9-16)7-11(2)20(10)5-4-19-14(17)18-3/h6-7H,4-5H2,1-3H3,(H3,17,18,19). The van der Waals surface area contributed by atoms with E-state index in [2.05, 4.69) is 15.2 Å². The van der Waals surface area contributed by atoms with Crippen molar-refractivity contribution >= 4 is 5.96 Å². The molecule has 0 bridgehead atoms. The Kier molecular flexibility index (Phi) is 5.37. The van der Waals surface area contributed by atoms with Crippen molar-refractivity contribution in [3.8, 4) is 12.1 Å². The fraction of sp³-hybridized carbons (Fsp3) is 0.357. The van der Waals surface area contributed by atoms with E-state index in [1.54, 1.807) is 7.05 Å². The van der Waals surface area contributed by atoms with E-state index >= 15 is 0 Å². The van der Waals surface area contributed by atoms with Gasteiger partial charge in [0, 0.05) is 37.1 Å². The van der Waals surface area contributed by atoms with E-state index in [0.29, 0.717) is 18.1 Å². The maximum atomic E-state index is 8.91. The van der Waals surface area contributed by atoms with Gasteiger partial charge in [0.2, 0.25) is 0 Å². The first-order valence-corrected chi connectivity index (χ1v) is 6.18. The Hall–Kier alpha value is -2.73. The van der Waals surface area contributed by atoms with Crippen molar-refractivity contribution in [1.29, 1.82) is 10.5 Å².